The molecule has 0 aliphatic carbocycles. The Morgan fingerprint density at radius 1 is 1.50 bits per heavy atom. The van der Waals surface area contributed by atoms with Gasteiger partial charge in [0, 0.05) is 0 Å². The van der Waals surface area contributed by atoms with E-state index in [1.54, 1.807) is 0 Å². The zero-order chi connectivity index (χ0) is 7.40. The summed E-state index contributed by atoms with van der Waals surface area (Å²) in [5.41, 5.74) is 0. The molecule has 0 N–H and O–H groups in total. The van der Waals surface area contributed by atoms with E-state index in [0.29, 0.717) is 6.10 Å². The molecule has 0 saturated carbocycles. The van der Waals surface area contributed by atoms with E-state index < -0.39 is 0 Å². The van der Waals surface area contributed by atoms with Crippen molar-refractivity contribution in [2.75, 3.05) is 6.61 Å². The van der Waals surface area contributed by atoms with Crippen LogP contribution in [0.15, 0.2) is 0 Å². The van der Waals surface area contributed by atoms with Gasteiger partial charge >= 0.3 is 0 Å². The highest BCUT2D eigenvalue weighted by Crippen LogP contribution is 2.15. The van der Waals surface area contributed by atoms with Crippen molar-refractivity contribution in [1.82, 2.24) is 0 Å². The quantitative estimate of drug-likeness (QED) is 0.589. The lowest BCUT2D eigenvalue weighted by atomic mass is 10.2. The molecule has 0 bridgehead atoms. The van der Waals surface area contributed by atoms with Crippen molar-refractivity contribution < 1.29 is 9.47 Å². The van der Waals surface area contributed by atoms with Gasteiger partial charge in [0.2, 0.25) is 0 Å². The summed E-state index contributed by atoms with van der Waals surface area (Å²) in [6, 6.07) is 0. The first-order chi connectivity index (χ1) is 4.83. The van der Waals surface area contributed by atoms with E-state index in [-0.39, 0.29) is 6.29 Å². The molecule has 2 heteroatoms. The Hall–Kier alpha value is -0.0800. The van der Waals surface area contributed by atoms with Crippen LogP contribution >= 0.6 is 0 Å². The van der Waals surface area contributed by atoms with Crippen LogP contribution in [0.3, 0.4) is 0 Å². The molecule has 0 radical (unpaired) electrons. The SMILES string of the molecule is CCC[C@@H]1OCC[C@H](C)O1. The number of rotatable bonds is 2. The summed E-state index contributed by atoms with van der Waals surface area (Å²) >= 11 is 0. The summed E-state index contributed by atoms with van der Waals surface area (Å²) in [6.45, 7) is 5.11. The maximum absolute atomic E-state index is 5.50. The highest BCUT2D eigenvalue weighted by atomic mass is 16.7. The monoisotopic (exact) mass is 144 g/mol. The van der Waals surface area contributed by atoms with Crippen LogP contribution in [0.25, 0.3) is 0 Å². The standard InChI is InChI=1S/C8H16O2/c1-3-4-8-9-6-5-7(2)10-8/h7-8H,3-6H2,1-2H3/t7-,8+/m0/s1. The first kappa shape index (κ1) is 8.02. The fraction of sp³-hybridized carbons (Fsp3) is 1.00. The second-order valence-electron chi connectivity index (χ2n) is 2.82. The molecule has 1 saturated heterocycles. The summed E-state index contributed by atoms with van der Waals surface area (Å²) in [4.78, 5) is 0. The Kier molecular flexibility index (Phi) is 3.16. The number of hydrogen-bond donors (Lipinski definition) is 0. The summed E-state index contributed by atoms with van der Waals surface area (Å²) < 4.78 is 10.9. The summed E-state index contributed by atoms with van der Waals surface area (Å²) in [5, 5.41) is 0. The van der Waals surface area contributed by atoms with Gasteiger partial charge in [-0.25, -0.2) is 0 Å². The molecule has 1 aliphatic rings. The molecular formula is C8H16O2. The molecular weight excluding hydrogens is 128 g/mol. The molecule has 1 fully saturated rings. The fourth-order valence-corrected chi connectivity index (χ4v) is 1.12. The topological polar surface area (TPSA) is 18.5 Å². The van der Waals surface area contributed by atoms with Crippen LogP contribution in [0.5, 0.6) is 0 Å². The molecule has 1 heterocycles. The molecule has 60 valence electrons. The minimum atomic E-state index is 0.0775. The maximum Gasteiger partial charge on any atom is 0.157 e. The Morgan fingerprint density at radius 3 is 2.90 bits per heavy atom. The van der Waals surface area contributed by atoms with Crippen LogP contribution in [0.2, 0.25) is 0 Å². The van der Waals surface area contributed by atoms with Gasteiger partial charge in [0.05, 0.1) is 12.7 Å². The summed E-state index contributed by atoms with van der Waals surface area (Å²) in [7, 11) is 0. The van der Waals surface area contributed by atoms with Crippen molar-refractivity contribution in [1.29, 1.82) is 0 Å². The highest BCUT2D eigenvalue weighted by Gasteiger charge is 2.17. The minimum Gasteiger partial charge on any atom is -0.353 e. The van der Waals surface area contributed by atoms with E-state index in [9.17, 15) is 0 Å². The molecule has 0 aromatic carbocycles. The number of ether oxygens (including phenoxy) is 2. The van der Waals surface area contributed by atoms with Crippen LogP contribution < -0.4 is 0 Å². The van der Waals surface area contributed by atoms with E-state index in [0.717, 1.165) is 25.9 Å². The van der Waals surface area contributed by atoms with Gasteiger partial charge < -0.3 is 9.47 Å². The predicted octanol–water partition coefficient (Wildman–Crippen LogP) is 1.94. The lowest BCUT2D eigenvalue weighted by molar-refractivity contribution is -0.209. The lowest BCUT2D eigenvalue weighted by Crippen LogP contribution is -2.30. The second-order valence-corrected chi connectivity index (χ2v) is 2.82. The average Bonchev–Trinajstić information content (AvgIpc) is 1.88. The predicted molar refractivity (Wildman–Crippen MR) is 39.8 cm³/mol. The van der Waals surface area contributed by atoms with Crippen molar-refractivity contribution >= 4 is 0 Å². The van der Waals surface area contributed by atoms with E-state index in [1.165, 1.54) is 0 Å². The van der Waals surface area contributed by atoms with Crippen molar-refractivity contribution in [3.05, 3.63) is 0 Å². The highest BCUT2D eigenvalue weighted by molar-refractivity contribution is 4.58. The molecule has 0 unspecified atom stereocenters. The average molecular weight is 144 g/mol. The van der Waals surface area contributed by atoms with Crippen molar-refractivity contribution in [3.8, 4) is 0 Å². The molecule has 2 atom stereocenters. The maximum atomic E-state index is 5.50. The molecule has 0 aromatic rings. The first-order valence-electron chi connectivity index (χ1n) is 4.10. The van der Waals surface area contributed by atoms with Gasteiger partial charge in [-0.15, -0.1) is 0 Å². The Bertz CT molecular complexity index is 91.3. The molecule has 0 aromatic heterocycles. The van der Waals surface area contributed by atoms with Crippen molar-refractivity contribution in [3.63, 3.8) is 0 Å². The molecule has 10 heavy (non-hydrogen) atoms. The lowest BCUT2D eigenvalue weighted by Gasteiger charge is -2.27. The van der Waals surface area contributed by atoms with Crippen LogP contribution in [0, 0.1) is 0 Å². The second kappa shape index (κ2) is 3.94. The fourth-order valence-electron chi connectivity index (χ4n) is 1.12. The minimum absolute atomic E-state index is 0.0775. The zero-order valence-corrected chi connectivity index (χ0v) is 6.80. The zero-order valence-electron chi connectivity index (χ0n) is 6.80. The van der Waals surface area contributed by atoms with Crippen LogP contribution in [0.1, 0.15) is 33.1 Å². The van der Waals surface area contributed by atoms with Gasteiger partial charge in [0.25, 0.3) is 0 Å². The molecule has 0 spiro atoms. The summed E-state index contributed by atoms with van der Waals surface area (Å²) in [5.74, 6) is 0. The van der Waals surface area contributed by atoms with Gasteiger partial charge in [0.15, 0.2) is 6.29 Å². The van der Waals surface area contributed by atoms with E-state index in [4.69, 9.17) is 9.47 Å². The van der Waals surface area contributed by atoms with E-state index >= 15 is 0 Å². The molecule has 2 nitrogen and oxygen atoms in total. The van der Waals surface area contributed by atoms with Gasteiger partial charge in [0.1, 0.15) is 0 Å². The van der Waals surface area contributed by atoms with Gasteiger partial charge in [-0.1, -0.05) is 13.3 Å². The smallest absolute Gasteiger partial charge is 0.157 e. The van der Waals surface area contributed by atoms with Crippen molar-refractivity contribution in [2.45, 2.75) is 45.5 Å². The van der Waals surface area contributed by atoms with Gasteiger partial charge in [-0.2, -0.15) is 0 Å². The molecule has 1 aliphatic heterocycles. The number of hydrogen-bond acceptors (Lipinski definition) is 2. The van der Waals surface area contributed by atoms with Crippen LogP contribution in [0.4, 0.5) is 0 Å². The van der Waals surface area contributed by atoms with Crippen molar-refractivity contribution in [2.24, 2.45) is 0 Å². The van der Waals surface area contributed by atoms with Gasteiger partial charge in [-0.3, -0.25) is 0 Å². The van der Waals surface area contributed by atoms with E-state index in [2.05, 4.69) is 13.8 Å². The largest absolute Gasteiger partial charge is 0.353 e. The summed E-state index contributed by atoms with van der Waals surface area (Å²) in [6.07, 6.45) is 3.68. The Labute approximate surface area is 62.5 Å². The third-order valence-electron chi connectivity index (χ3n) is 1.74. The Balaban J connectivity index is 2.18. The third kappa shape index (κ3) is 2.27. The van der Waals surface area contributed by atoms with E-state index in [1.807, 2.05) is 0 Å². The van der Waals surface area contributed by atoms with Crippen LogP contribution in [-0.4, -0.2) is 19.0 Å². The third-order valence-corrected chi connectivity index (χ3v) is 1.74. The van der Waals surface area contributed by atoms with Crippen LogP contribution in [-0.2, 0) is 9.47 Å². The normalized spacial score (nSPS) is 34.2. The first-order valence-corrected chi connectivity index (χ1v) is 4.10. The Morgan fingerprint density at radius 2 is 2.30 bits per heavy atom. The molecule has 0 amide bonds. The van der Waals surface area contributed by atoms with Gasteiger partial charge in [-0.05, 0) is 19.8 Å². The molecule has 1 rings (SSSR count).